The molecule has 1 N–H and O–H groups in total. The van der Waals surface area contributed by atoms with Gasteiger partial charge in [-0.15, -0.1) is 0 Å². The Morgan fingerprint density at radius 1 is 1.38 bits per heavy atom. The Balaban J connectivity index is 2.11. The third-order valence-corrected chi connectivity index (χ3v) is 4.08. The molecular weight excluding hydrogens is 262 g/mol. The van der Waals surface area contributed by atoms with Crippen molar-refractivity contribution in [2.24, 2.45) is 0 Å². The van der Waals surface area contributed by atoms with Crippen LogP contribution in [0.2, 0.25) is 0 Å². The summed E-state index contributed by atoms with van der Waals surface area (Å²) in [4.78, 5) is 7.19. The predicted molar refractivity (Wildman–Crippen MR) is 87.9 cm³/mol. The molecule has 0 aromatic carbocycles. The average Bonchev–Trinajstić information content (AvgIpc) is 2.55. The third kappa shape index (κ3) is 4.68. The first-order chi connectivity index (χ1) is 10.3. The predicted octanol–water partition coefficient (Wildman–Crippen LogP) is 2.76. The van der Waals surface area contributed by atoms with E-state index in [-0.39, 0.29) is 0 Å². The van der Waals surface area contributed by atoms with Gasteiger partial charge in [0.1, 0.15) is 5.82 Å². The van der Waals surface area contributed by atoms with Crippen molar-refractivity contribution >= 4 is 5.82 Å². The minimum atomic E-state index is 0.340. The highest BCUT2D eigenvalue weighted by Gasteiger charge is 2.21. The maximum Gasteiger partial charge on any atom is 0.129 e. The third-order valence-electron chi connectivity index (χ3n) is 4.08. The van der Waals surface area contributed by atoms with Gasteiger partial charge in [0.15, 0.2) is 0 Å². The van der Waals surface area contributed by atoms with E-state index >= 15 is 0 Å². The van der Waals surface area contributed by atoms with Crippen LogP contribution in [0.25, 0.3) is 0 Å². The smallest absolute Gasteiger partial charge is 0.129 e. The fraction of sp³-hybridized carbons (Fsp3) is 0.706. The fourth-order valence-electron chi connectivity index (χ4n) is 2.83. The van der Waals surface area contributed by atoms with Crippen molar-refractivity contribution in [3.05, 3.63) is 23.4 Å². The van der Waals surface area contributed by atoms with E-state index in [9.17, 15) is 0 Å². The van der Waals surface area contributed by atoms with Gasteiger partial charge in [0.05, 0.1) is 6.10 Å². The minimum Gasteiger partial charge on any atom is -0.380 e. The highest BCUT2D eigenvalue weighted by atomic mass is 16.5. The molecule has 21 heavy (non-hydrogen) atoms. The van der Waals surface area contributed by atoms with Gasteiger partial charge < -0.3 is 15.0 Å². The van der Waals surface area contributed by atoms with Crippen LogP contribution in [0, 0.1) is 0 Å². The van der Waals surface area contributed by atoms with E-state index in [1.807, 2.05) is 7.11 Å². The van der Waals surface area contributed by atoms with Crippen LogP contribution in [-0.2, 0) is 17.7 Å². The van der Waals surface area contributed by atoms with Gasteiger partial charge in [0.25, 0.3) is 0 Å². The first kappa shape index (κ1) is 16.2. The molecule has 0 spiro atoms. The lowest BCUT2D eigenvalue weighted by Gasteiger charge is -2.33. The topological polar surface area (TPSA) is 37.4 Å². The van der Waals surface area contributed by atoms with Crippen molar-refractivity contribution < 1.29 is 4.74 Å². The standard InChI is InChI=1S/C17H29N3O/c1-4-8-18-12-14-10-15(5-2)19-17(11-14)20-9-6-7-16(13-20)21-3/h10-11,16,18H,4-9,12-13H2,1-3H3. The molecule has 1 atom stereocenters. The highest BCUT2D eigenvalue weighted by Crippen LogP contribution is 2.21. The molecular formula is C17H29N3O. The molecule has 1 fully saturated rings. The van der Waals surface area contributed by atoms with Gasteiger partial charge in [-0.1, -0.05) is 13.8 Å². The van der Waals surface area contributed by atoms with E-state index in [1.54, 1.807) is 0 Å². The number of hydrogen-bond donors (Lipinski definition) is 1. The Morgan fingerprint density at radius 2 is 2.24 bits per heavy atom. The van der Waals surface area contributed by atoms with E-state index in [1.165, 1.54) is 24.1 Å². The molecule has 0 saturated carbocycles. The minimum absolute atomic E-state index is 0.340. The van der Waals surface area contributed by atoms with Crippen LogP contribution < -0.4 is 10.2 Å². The van der Waals surface area contributed by atoms with Crippen LogP contribution in [0.4, 0.5) is 5.82 Å². The number of pyridine rings is 1. The zero-order valence-electron chi connectivity index (χ0n) is 13.7. The second-order valence-corrected chi connectivity index (χ2v) is 5.80. The number of nitrogens with zero attached hydrogens (tertiary/aromatic N) is 2. The van der Waals surface area contributed by atoms with E-state index < -0.39 is 0 Å². The summed E-state index contributed by atoms with van der Waals surface area (Å²) < 4.78 is 5.53. The van der Waals surface area contributed by atoms with Crippen molar-refractivity contribution in [1.29, 1.82) is 0 Å². The van der Waals surface area contributed by atoms with E-state index in [0.717, 1.165) is 44.8 Å². The van der Waals surface area contributed by atoms with Crippen molar-refractivity contribution in [3.63, 3.8) is 0 Å². The summed E-state index contributed by atoms with van der Waals surface area (Å²) >= 11 is 0. The summed E-state index contributed by atoms with van der Waals surface area (Å²) in [6.07, 6.45) is 4.83. The van der Waals surface area contributed by atoms with Crippen molar-refractivity contribution in [2.45, 2.75) is 52.2 Å². The summed E-state index contributed by atoms with van der Waals surface area (Å²) in [7, 11) is 1.81. The van der Waals surface area contributed by atoms with Gasteiger partial charge in [-0.25, -0.2) is 4.98 Å². The largest absolute Gasteiger partial charge is 0.380 e. The molecule has 1 aromatic heterocycles. The Bertz CT molecular complexity index is 436. The second-order valence-electron chi connectivity index (χ2n) is 5.80. The first-order valence-corrected chi connectivity index (χ1v) is 8.25. The summed E-state index contributed by atoms with van der Waals surface area (Å²) in [6.45, 7) is 8.40. The lowest BCUT2D eigenvalue weighted by Crippen LogP contribution is -2.39. The molecule has 4 heteroatoms. The van der Waals surface area contributed by atoms with Gasteiger partial charge in [0.2, 0.25) is 0 Å². The lowest BCUT2D eigenvalue weighted by molar-refractivity contribution is 0.0891. The summed E-state index contributed by atoms with van der Waals surface area (Å²) in [5, 5.41) is 3.48. The molecule has 0 radical (unpaired) electrons. The molecule has 1 aliphatic heterocycles. The monoisotopic (exact) mass is 291 g/mol. The SMILES string of the molecule is CCCNCc1cc(CC)nc(N2CCCC(OC)C2)c1. The van der Waals surface area contributed by atoms with Crippen molar-refractivity contribution in [1.82, 2.24) is 10.3 Å². The van der Waals surface area contributed by atoms with E-state index in [0.29, 0.717) is 6.10 Å². The number of aromatic nitrogens is 1. The number of anilines is 1. The number of rotatable bonds is 7. The second kappa shape index (κ2) is 8.35. The molecule has 1 aliphatic rings. The van der Waals surface area contributed by atoms with Crippen molar-refractivity contribution in [2.75, 3.05) is 31.6 Å². The fourth-order valence-corrected chi connectivity index (χ4v) is 2.83. The van der Waals surface area contributed by atoms with Crippen LogP contribution in [0.15, 0.2) is 12.1 Å². The Kier molecular flexibility index (Phi) is 6.46. The summed E-state index contributed by atoms with van der Waals surface area (Å²) in [5.74, 6) is 1.12. The Morgan fingerprint density at radius 3 is 2.95 bits per heavy atom. The average molecular weight is 291 g/mol. The van der Waals surface area contributed by atoms with Crippen LogP contribution in [0.1, 0.15) is 44.4 Å². The molecule has 4 nitrogen and oxygen atoms in total. The lowest BCUT2D eigenvalue weighted by atomic mass is 10.1. The van der Waals surface area contributed by atoms with Gasteiger partial charge in [0, 0.05) is 32.4 Å². The molecule has 118 valence electrons. The molecule has 0 aliphatic carbocycles. The quantitative estimate of drug-likeness (QED) is 0.784. The van der Waals surface area contributed by atoms with Crippen LogP contribution in [0.5, 0.6) is 0 Å². The van der Waals surface area contributed by atoms with Gasteiger partial charge in [-0.3, -0.25) is 0 Å². The molecule has 1 unspecified atom stereocenters. The van der Waals surface area contributed by atoms with Gasteiger partial charge in [-0.2, -0.15) is 0 Å². The highest BCUT2D eigenvalue weighted by molar-refractivity contribution is 5.43. The number of methoxy groups -OCH3 is 1. The van der Waals surface area contributed by atoms with Crippen molar-refractivity contribution in [3.8, 4) is 0 Å². The number of piperidine rings is 1. The molecule has 1 aromatic rings. The zero-order chi connectivity index (χ0) is 15.1. The van der Waals surface area contributed by atoms with Crippen LogP contribution in [0.3, 0.4) is 0 Å². The molecule has 2 heterocycles. The Hall–Kier alpha value is -1.13. The number of aryl methyl sites for hydroxylation is 1. The van der Waals surface area contributed by atoms with Gasteiger partial charge >= 0.3 is 0 Å². The number of ether oxygens (including phenoxy) is 1. The summed E-state index contributed by atoms with van der Waals surface area (Å²) in [6, 6.07) is 4.46. The molecule has 1 saturated heterocycles. The molecule has 0 amide bonds. The first-order valence-electron chi connectivity index (χ1n) is 8.25. The zero-order valence-corrected chi connectivity index (χ0v) is 13.7. The van der Waals surface area contributed by atoms with Crippen LogP contribution in [-0.4, -0.2) is 37.8 Å². The van der Waals surface area contributed by atoms with E-state index in [2.05, 4.69) is 36.2 Å². The Labute approximate surface area is 128 Å². The normalized spacial score (nSPS) is 19.0. The molecule has 2 rings (SSSR count). The summed E-state index contributed by atoms with van der Waals surface area (Å²) in [5.41, 5.74) is 2.52. The number of hydrogen-bond acceptors (Lipinski definition) is 4. The van der Waals surface area contributed by atoms with Crippen LogP contribution >= 0.6 is 0 Å². The van der Waals surface area contributed by atoms with Gasteiger partial charge in [-0.05, 0) is 49.9 Å². The van der Waals surface area contributed by atoms with E-state index in [4.69, 9.17) is 9.72 Å². The number of nitrogens with one attached hydrogen (secondary N) is 1. The molecule has 0 bridgehead atoms. The maximum absolute atomic E-state index is 5.53. The maximum atomic E-state index is 5.53.